The number of aliphatic hydroxyl groups is 2. The SMILES string of the molecule is COc1ccc(/N=N/C2=C(C)CC(N(CCO)CCO)C=C2)cc1. The maximum absolute atomic E-state index is 9.16. The molecule has 0 amide bonds. The third kappa shape index (κ3) is 4.99. The summed E-state index contributed by atoms with van der Waals surface area (Å²) in [5, 5.41) is 26.9. The first kappa shape index (κ1) is 18.3. The highest BCUT2D eigenvalue weighted by molar-refractivity contribution is 5.41. The fraction of sp³-hybridized carbons (Fsp3) is 0.444. The van der Waals surface area contributed by atoms with Crippen molar-refractivity contribution < 1.29 is 14.9 Å². The van der Waals surface area contributed by atoms with Crippen LogP contribution in [0.2, 0.25) is 0 Å². The fourth-order valence-corrected chi connectivity index (χ4v) is 2.66. The Labute approximate surface area is 142 Å². The molecule has 2 N–H and O–H groups in total. The average molecular weight is 331 g/mol. The molecule has 0 saturated heterocycles. The van der Waals surface area contributed by atoms with Gasteiger partial charge in [0, 0.05) is 19.1 Å². The van der Waals surface area contributed by atoms with E-state index in [2.05, 4.69) is 21.2 Å². The first-order valence-corrected chi connectivity index (χ1v) is 8.07. The van der Waals surface area contributed by atoms with Crippen LogP contribution >= 0.6 is 0 Å². The van der Waals surface area contributed by atoms with Crippen LogP contribution in [0.3, 0.4) is 0 Å². The van der Waals surface area contributed by atoms with Crippen LogP contribution < -0.4 is 4.74 Å². The Balaban J connectivity index is 2.03. The molecule has 0 bridgehead atoms. The Hall–Kier alpha value is -2.02. The number of aliphatic hydroxyl groups excluding tert-OH is 2. The summed E-state index contributed by atoms with van der Waals surface area (Å²) in [6.07, 6.45) is 4.83. The van der Waals surface area contributed by atoms with Crippen molar-refractivity contribution in [3.05, 3.63) is 47.7 Å². The zero-order valence-electron chi connectivity index (χ0n) is 14.2. The van der Waals surface area contributed by atoms with E-state index in [0.29, 0.717) is 13.1 Å². The van der Waals surface area contributed by atoms with E-state index in [1.54, 1.807) is 7.11 Å². The second-order valence-electron chi connectivity index (χ2n) is 5.68. The number of nitrogens with zero attached hydrogens (tertiary/aromatic N) is 3. The third-order valence-electron chi connectivity index (χ3n) is 4.02. The van der Waals surface area contributed by atoms with Gasteiger partial charge < -0.3 is 14.9 Å². The van der Waals surface area contributed by atoms with Crippen molar-refractivity contribution in [3.8, 4) is 5.75 Å². The molecule has 1 aromatic carbocycles. The Morgan fingerprint density at radius 2 is 1.79 bits per heavy atom. The lowest BCUT2D eigenvalue weighted by atomic mass is 9.98. The molecule has 6 heteroatoms. The topological polar surface area (TPSA) is 77.7 Å². The minimum absolute atomic E-state index is 0.0805. The van der Waals surface area contributed by atoms with Crippen molar-refractivity contribution in [1.82, 2.24) is 4.90 Å². The zero-order chi connectivity index (χ0) is 17.4. The van der Waals surface area contributed by atoms with Gasteiger partial charge >= 0.3 is 0 Å². The van der Waals surface area contributed by atoms with Crippen LogP contribution in [0.15, 0.2) is 57.9 Å². The quantitative estimate of drug-likeness (QED) is 0.718. The zero-order valence-corrected chi connectivity index (χ0v) is 14.2. The standard InChI is InChI=1S/C18H25N3O3/c1-14-13-16(21(9-11-22)10-12-23)5-8-18(14)20-19-15-3-6-17(24-2)7-4-15/h3-8,16,22-23H,9-13H2,1-2H3/b20-19+. The Morgan fingerprint density at radius 3 is 2.33 bits per heavy atom. The van der Waals surface area contributed by atoms with Crippen molar-refractivity contribution in [3.63, 3.8) is 0 Å². The monoisotopic (exact) mass is 331 g/mol. The van der Waals surface area contributed by atoms with Gasteiger partial charge in [0.2, 0.25) is 0 Å². The number of methoxy groups -OCH3 is 1. The first-order valence-electron chi connectivity index (χ1n) is 8.07. The second-order valence-corrected chi connectivity index (χ2v) is 5.68. The number of rotatable bonds is 8. The van der Waals surface area contributed by atoms with E-state index in [0.717, 1.165) is 29.1 Å². The highest BCUT2D eigenvalue weighted by Crippen LogP contribution is 2.25. The van der Waals surface area contributed by atoms with Crippen molar-refractivity contribution in [2.24, 2.45) is 10.2 Å². The van der Waals surface area contributed by atoms with E-state index in [1.165, 1.54) is 0 Å². The molecule has 0 radical (unpaired) electrons. The Morgan fingerprint density at radius 1 is 1.12 bits per heavy atom. The highest BCUT2D eigenvalue weighted by atomic mass is 16.5. The van der Waals surface area contributed by atoms with E-state index >= 15 is 0 Å². The molecule has 1 atom stereocenters. The van der Waals surface area contributed by atoms with Crippen LogP contribution in [0.5, 0.6) is 5.75 Å². The van der Waals surface area contributed by atoms with Gasteiger partial charge in [-0.3, -0.25) is 4.90 Å². The number of ether oxygens (including phenoxy) is 1. The molecule has 1 unspecified atom stereocenters. The summed E-state index contributed by atoms with van der Waals surface area (Å²) in [5.74, 6) is 0.789. The largest absolute Gasteiger partial charge is 0.497 e. The lowest BCUT2D eigenvalue weighted by Gasteiger charge is -2.30. The van der Waals surface area contributed by atoms with E-state index < -0.39 is 0 Å². The average Bonchev–Trinajstić information content (AvgIpc) is 2.61. The van der Waals surface area contributed by atoms with Crippen molar-refractivity contribution in [2.45, 2.75) is 19.4 Å². The summed E-state index contributed by atoms with van der Waals surface area (Å²) in [6.45, 7) is 3.29. The molecular formula is C18H25N3O3. The molecule has 1 aromatic rings. The molecule has 1 aliphatic carbocycles. The molecule has 1 aliphatic rings. The summed E-state index contributed by atoms with van der Waals surface area (Å²) >= 11 is 0. The van der Waals surface area contributed by atoms with Crippen LogP contribution in [0.25, 0.3) is 0 Å². The molecule has 0 saturated carbocycles. The number of hydrogen-bond acceptors (Lipinski definition) is 6. The van der Waals surface area contributed by atoms with Crippen LogP contribution in [-0.4, -0.2) is 54.6 Å². The molecule has 0 aliphatic heterocycles. The minimum Gasteiger partial charge on any atom is -0.497 e. The van der Waals surface area contributed by atoms with Gasteiger partial charge in [-0.05, 0) is 49.3 Å². The van der Waals surface area contributed by atoms with E-state index in [4.69, 9.17) is 14.9 Å². The maximum Gasteiger partial charge on any atom is 0.119 e. The molecule has 0 fully saturated rings. The molecular weight excluding hydrogens is 306 g/mol. The van der Waals surface area contributed by atoms with Crippen LogP contribution in [0.1, 0.15) is 13.3 Å². The number of hydrogen-bond donors (Lipinski definition) is 2. The third-order valence-corrected chi connectivity index (χ3v) is 4.02. The highest BCUT2D eigenvalue weighted by Gasteiger charge is 2.19. The van der Waals surface area contributed by atoms with Crippen molar-refractivity contribution in [1.29, 1.82) is 0 Å². The van der Waals surface area contributed by atoms with Crippen molar-refractivity contribution in [2.75, 3.05) is 33.4 Å². The van der Waals surface area contributed by atoms with Crippen LogP contribution in [0, 0.1) is 0 Å². The molecule has 0 aromatic heterocycles. The number of azo groups is 1. The summed E-state index contributed by atoms with van der Waals surface area (Å²) < 4.78 is 5.12. The molecule has 130 valence electrons. The molecule has 0 heterocycles. The van der Waals surface area contributed by atoms with E-state index in [9.17, 15) is 0 Å². The molecule has 24 heavy (non-hydrogen) atoms. The van der Waals surface area contributed by atoms with Gasteiger partial charge in [-0.2, -0.15) is 10.2 Å². The molecule has 0 spiro atoms. The van der Waals surface area contributed by atoms with Gasteiger partial charge in [-0.25, -0.2) is 0 Å². The lowest BCUT2D eigenvalue weighted by Crippen LogP contribution is -2.39. The summed E-state index contributed by atoms with van der Waals surface area (Å²) in [7, 11) is 1.63. The minimum atomic E-state index is 0.0805. The number of allylic oxidation sites excluding steroid dienone is 1. The predicted molar refractivity (Wildman–Crippen MR) is 93.5 cm³/mol. The smallest absolute Gasteiger partial charge is 0.119 e. The van der Waals surface area contributed by atoms with Gasteiger partial charge in [-0.1, -0.05) is 6.08 Å². The number of benzene rings is 1. The summed E-state index contributed by atoms with van der Waals surface area (Å²) in [6, 6.07) is 7.59. The van der Waals surface area contributed by atoms with E-state index in [-0.39, 0.29) is 19.3 Å². The van der Waals surface area contributed by atoms with Gasteiger partial charge in [0.05, 0.1) is 31.7 Å². The van der Waals surface area contributed by atoms with Gasteiger partial charge in [-0.15, -0.1) is 0 Å². The second kappa shape index (κ2) is 9.32. The maximum atomic E-state index is 9.16. The molecule has 2 rings (SSSR count). The van der Waals surface area contributed by atoms with Gasteiger partial charge in [0.15, 0.2) is 0 Å². The lowest BCUT2D eigenvalue weighted by molar-refractivity contribution is 0.138. The van der Waals surface area contributed by atoms with Crippen LogP contribution in [0.4, 0.5) is 5.69 Å². The fourth-order valence-electron chi connectivity index (χ4n) is 2.66. The molecule has 6 nitrogen and oxygen atoms in total. The Kier molecular flexibility index (Phi) is 7.11. The summed E-state index contributed by atoms with van der Waals surface area (Å²) in [4.78, 5) is 2.07. The summed E-state index contributed by atoms with van der Waals surface area (Å²) in [5.41, 5.74) is 2.77. The van der Waals surface area contributed by atoms with E-state index in [1.807, 2.05) is 37.3 Å². The Bertz CT molecular complexity index is 602. The predicted octanol–water partition coefficient (Wildman–Crippen LogP) is 2.67. The van der Waals surface area contributed by atoms with Gasteiger partial charge in [0.25, 0.3) is 0 Å². The first-order chi connectivity index (χ1) is 11.7. The van der Waals surface area contributed by atoms with Crippen LogP contribution in [-0.2, 0) is 0 Å². The van der Waals surface area contributed by atoms with Gasteiger partial charge in [0.1, 0.15) is 5.75 Å². The normalized spacial score (nSPS) is 18.0. The van der Waals surface area contributed by atoms with Crippen molar-refractivity contribution >= 4 is 5.69 Å².